The first-order valence-electron chi connectivity index (χ1n) is 6.83. The Morgan fingerprint density at radius 2 is 2.06 bits per heavy atom. The fourth-order valence-electron chi connectivity index (χ4n) is 2.50. The summed E-state index contributed by atoms with van der Waals surface area (Å²) in [6.45, 7) is 4.21. The van der Waals surface area contributed by atoms with E-state index in [1.54, 1.807) is 0 Å². The van der Waals surface area contributed by atoms with Crippen LogP contribution in [0.2, 0.25) is 0 Å². The summed E-state index contributed by atoms with van der Waals surface area (Å²) in [5, 5.41) is 7.56. The quantitative estimate of drug-likeness (QED) is 0.850. The highest BCUT2D eigenvalue weighted by Crippen LogP contribution is 2.23. The number of hydrogen-bond acceptors (Lipinski definition) is 6. The van der Waals surface area contributed by atoms with E-state index in [0.717, 1.165) is 45.2 Å². The number of rotatable bonds is 2. The lowest BCUT2D eigenvalue weighted by Gasteiger charge is -2.24. The van der Waals surface area contributed by atoms with Crippen molar-refractivity contribution < 1.29 is 9.26 Å². The molecule has 18 heavy (non-hydrogen) atoms. The van der Waals surface area contributed by atoms with E-state index < -0.39 is 0 Å². The number of nitrogens with zero attached hydrogens (tertiary/aromatic N) is 3. The summed E-state index contributed by atoms with van der Waals surface area (Å²) in [5.41, 5.74) is 0. The van der Waals surface area contributed by atoms with Crippen molar-refractivity contribution in [3.63, 3.8) is 0 Å². The largest absolute Gasteiger partial charge is 0.378 e. The molecule has 0 saturated carbocycles. The van der Waals surface area contributed by atoms with Crippen molar-refractivity contribution in [2.45, 2.75) is 31.7 Å². The fourth-order valence-corrected chi connectivity index (χ4v) is 2.50. The van der Waals surface area contributed by atoms with E-state index >= 15 is 0 Å². The van der Waals surface area contributed by atoms with Gasteiger partial charge in [-0.2, -0.15) is 4.98 Å². The molecule has 3 rings (SSSR count). The highest BCUT2D eigenvalue weighted by atomic mass is 16.5. The molecule has 6 heteroatoms. The minimum Gasteiger partial charge on any atom is -0.378 e. The van der Waals surface area contributed by atoms with Crippen LogP contribution in [0.1, 0.15) is 37.6 Å². The van der Waals surface area contributed by atoms with Gasteiger partial charge in [0.25, 0.3) is 5.95 Å². The third kappa shape index (κ3) is 2.64. The molecule has 3 heterocycles. The Hall–Kier alpha value is -1.14. The average Bonchev–Trinajstić information content (AvgIpc) is 2.76. The molecule has 1 atom stereocenters. The molecule has 1 unspecified atom stereocenters. The molecule has 0 radical (unpaired) electrons. The van der Waals surface area contributed by atoms with Gasteiger partial charge in [0.05, 0.1) is 19.3 Å². The maximum absolute atomic E-state index is 5.41. The molecular formula is C12H20N4O2. The van der Waals surface area contributed by atoms with Crippen molar-refractivity contribution in [3.05, 3.63) is 5.89 Å². The zero-order valence-corrected chi connectivity index (χ0v) is 10.6. The predicted octanol–water partition coefficient (Wildman–Crippen LogP) is 1.11. The number of morpholine rings is 1. The highest BCUT2D eigenvalue weighted by Gasteiger charge is 2.22. The Kier molecular flexibility index (Phi) is 3.75. The molecule has 2 aliphatic rings. The summed E-state index contributed by atoms with van der Waals surface area (Å²) in [6.07, 6.45) is 4.84. The summed E-state index contributed by atoms with van der Waals surface area (Å²) in [7, 11) is 0. The van der Waals surface area contributed by atoms with Crippen LogP contribution in [0.5, 0.6) is 0 Å². The van der Waals surface area contributed by atoms with E-state index in [-0.39, 0.29) is 6.04 Å². The van der Waals surface area contributed by atoms with Crippen molar-refractivity contribution in [2.24, 2.45) is 0 Å². The average molecular weight is 252 g/mol. The summed E-state index contributed by atoms with van der Waals surface area (Å²) in [6, 6.07) is 0.231. The van der Waals surface area contributed by atoms with Crippen molar-refractivity contribution in [1.29, 1.82) is 0 Å². The van der Waals surface area contributed by atoms with Gasteiger partial charge in [0.1, 0.15) is 0 Å². The van der Waals surface area contributed by atoms with Crippen molar-refractivity contribution >= 4 is 5.95 Å². The van der Waals surface area contributed by atoms with Crippen molar-refractivity contribution in [1.82, 2.24) is 15.5 Å². The SMILES string of the molecule is C1CCNC(c2nc(N3CCOCC3)no2)CC1. The van der Waals surface area contributed by atoms with Gasteiger partial charge in [-0.05, 0) is 24.5 Å². The second kappa shape index (κ2) is 5.67. The summed E-state index contributed by atoms with van der Waals surface area (Å²) in [4.78, 5) is 6.65. The van der Waals surface area contributed by atoms with Gasteiger partial charge in [0.15, 0.2) is 0 Å². The number of anilines is 1. The van der Waals surface area contributed by atoms with Crippen LogP contribution in [-0.2, 0) is 4.74 Å². The van der Waals surface area contributed by atoms with E-state index in [0.29, 0.717) is 5.95 Å². The van der Waals surface area contributed by atoms with E-state index in [1.807, 2.05) is 0 Å². The van der Waals surface area contributed by atoms with Crippen molar-refractivity contribution in [3.8, 4) is 0 Å². The van der Waals surface area contributed by atoms with Crippen LogP contribution in [0, 0.1) is 0 Å². The first kappa shape index (κ1) is 11.9. The van der Waals surface area contributed by atoms with Gasteiger partial charge < -0.3 is 19.5 Å². The topological polar surface area (TPSA) is 63.4 Å². The Bertz CT molecular complexity index is 368. The zero-order chi connectivity index (χ0) is 12.2. The van der Waals surface area contributed by atoms with Crippen molar-refractivity contribution in [2.75, 3.05) is 37.7 Å². The summed E-state index contributed by atoms with van der Waals surface area (Å²) >= 11 is 0. The maximum atomic E-state index is 5.41. The third-order valence-electron chi connectivity index (χ3n) is 3.58. The molecular weight excluding hydrogens is 232 g/mol. The van der Waals surface area contributed by atoms with Gasteiger partial charge in [0.2, 0.25) is 5.89 Å². The van der Waals surface area contributed by atoms with Crippen LogP contribution < -0.4 is 10.2 Å². The van der Waals surface area contributed by atoms with Gasteiger partial charge in [-0.1, -0.05) is 12.8 Å². The molecule has 2 fully saturated rings. The minimum absolute atomic E-state index is 0.231. The molecule has 1 N–H and O–H groups in total. The summed E-state index contributed by atoms with van der Waals surface area (Å²) < 4.78 is 10.7. The first-order chi connectivity index (χ1) is 8.93. The van der Waals surface area contributed by atoms with Gasteiger partial charge in [-0.25, -0.2) is 0 Å². The molecule has 0 amide bonds. The second-order valence-corrected chi connectivity index (χ2v) is 4.89. The molecule has 1 aromatic rings. The molecule has 0 bridgehead atoms. The van der Waals surface area contributed by atoms with E-state index in [1.165, 1.54) is 19.3 Å². The Morgan fingerprint density at radius 3 is 2.94 bits per heavy atom. The van der Waals surface area contributed by atoms with E-state index in [4.69, 9.17) is 9.26 Å². The van der Waals surface area contributed by atoms with Gasteiger partial charge >= 0.3 is 0 Å². The molecule has 2 saturated heterocycles. The normalized spacial score (nSPS) is 26.0. The molecule has 0 spiro atoms. The summed E-state index contributed by atoms with van der Waals surface area (Å²) in [5.74, 6) is 1.44. The van der Waals surface area contributed by atoms with Crippen LogP contribution in [0.3, 0.4) is 0 Å². The van der Waals surface area contributed by atoms with Crippen LogP contribution in [0.15, 0.2) is 4.52 Å². The highest BCUT2D eigenvalue weighted by molar-refractivity contribution is 5.28. The Balaban J connectivity index is 1.67. The number of aromatic nitrogens is 2. The molecule has 100 valence electrons. The van der Waals surface area contributed by atoms with Crippen LogP contribution in [-0.4, -0.2) is 43.0 Å². The van der Waals surface area contributed by atoms with Crippen LogP contribution >= 0.6 is 0 Å². The molecule has 0 aromatic carbocycles. The number of hydrogen-bond donors (Lipinski definition) is 1. The first-order valence-corrected chi connectivity index (χ1v) is 6.83. The zero-order valence-electron chi connectivity index (χ0n) is 10.6. The Labute approximate surface area is 107 Å². The van der Waals surface area contributed by atoms with Crippen LogP contribution in [0.4, 0.5) is 5.95 Å². The second-order valence-electron chi connectivity index (χ2n) is 4.89. The molecule has 6 nitrogen and oxygen atoms in total. The fraction of sp³-hybridized carbons (Fsp3) is 0.833. The lowest BCUT2D eigenvalue weighted by atomic mass is 10.1. The van der Waals surface area contributed by atoms with Gasteiger partial charge in [-0.15, -0.1) is 0 Å². The lowest BCUT2D eigenvalue weighted by molar-refractivity contribution is 0.121. The van der Waals surface area contributed by atoms with Gasteiger partial charge in [0, 0.05) is 13.1 Å². The maximum Gasteiger partial charge on any atom is 0.266 e. The molecule has 2 aliphatic heterocycles. The number of nitrogens with one attached hydrogen (secondary N) is 1. The number of ether oxygens (including phenoxy) is 1. The lowest BCUT2D eigenvalue weighted by Crippen LogP contribution is -2.36. The van der Waals surface area contributed by atoms with Crippen LogP contribution in [0.25, 0.3) is 0 Å². The van der Waals surface area contributed by atoms with Gasteiger partial charge in [-0.3, -0.25) is 0 Å². The van der Waals surface area contributed by atoms with E-state index in [9.17, 15) is 0 Å². The monoisotopic (exact) mass is 252 g/mol. The third-order valence-corrected chi connectivity index (χ3v) is 3.58. The smallest absolute Gasteiger partial charge is 0.266 e. The Morgan fingerprint density at radius 1 is 1.17 bits per heavy atom. The molecule has 1 aromatic heterocycles. The molecule has 0 aliphatic carbocycles. The predicted molar refractivity (Wildman–Crippen MR) is 66.5 cm³/mol. The minimum atomic E-state index is 0.231. The standard InChI is InChI=1S/C12H20N4O2/c1-2-4-10(13-5-3-1)11-14-12(15-18-11)16-6-8-17-9-7-16/h10,13H,1-9H2. The van der Waals surface area contributed by atoms with E-state index in [2.05, 4.69) is 20.4 Å².